The summed E-state index contributed by atoms with van der Waals surface area (Å²) in [6.07, 6.45) is -2.00. The molecule has 0 bridgehead atoms. The molecular weight excluding hydrogens is 408 g/mol. The van der Waals surface area contributed by atoms with Gasteiger partial charge in [0.05, 0.1) is 0 Å². The lowest BCUT2D eigenvalue weighted by Crippen LogP contribution is -2.28. The van der Waals surface area contributed by atoms with Crippen LogP contribution in [0.1, 0.15) is 28.2 Å². The van der Waals surface area contributed by atoms with E-state index in [9.17, 15) is 13.6 Å². The molecule has 0 fully saturated rings. The highest BCUT2D eigenvalue weighted by molar-refractivity contribution is 9.10. The molecule has 0 aliphatic carbocycles. The molecule has 0 unspecified atom stereocenters. The first-order chi connectivity index (χ1) is 12.5. The van der Waals surface area contributed by atoms with Crippen LogP contribution in [0, 0.1) is 0 Å². The van der Waals surface area contributed by atoms with Crippen molar-refractivity contribution in [2.24, 2.45) is 0 Å². The molecule has 3 aromatic rings. The molecule has 1 aromatic heterocycles. The summed E-state index contributed by atoms with van der Waals surface area (Å²) < 4.78 is 30.5. The highest BCUT2D eigenvalue weighted by Crippen LogP contribution is 2.32. The molecule has 4 rings (SSSR count). The molecule has 0 N–H and O–H groups in total. The Morgan fingerprint density at radius 1 is 1.19 bits per heavy atom. The van der Waals surface area contributed by atoms with Crippen molar-refractivity contribution in [3.05, 3.63) is 64.0 Å². The normalized spacial score (nSPS) is 13.3. The average Bonchev–Trinajstić information content (AvgIpc) is 3.28. The molecular formula is C18H12BrF2N3O2. The van der Waals surface area contributed by atoms with E-state index in [1.165, 1.54) is 0 Å². The molecule has 1 aliphatic rings. The number of halogens is 3. The van der Waals surface area contributed by atoms with Crippen LogP contribution in [0.25, 0.3) is 11.4 Å². The number of rotatable bonds is 3. The maximum Gasteiger partial charge on any atom is 0.315 e. The van der Waals surface area contributed by atoms with Crippen LogP contribution in [0.5, 0.6) is 0 Å². The lowest BCUT2D eigenvalue weighted by molar-refractivity contribution is 0.0989. The number of hydrogen-bond acceptors (Lipinski definition) is 4. The fourth-order valence-corrected chi connectivity index (χ4v) is 3.27. The molecule has 1 aliphatic heterocycles. The molecule has 0 atom stereocenters. The third-order valence-corrected chi connectivity index (χ3v) is 4.70. The van der Waals surface area contributed by atoms with Gasteiger partial charge in [0.2, 0.25) is 5.82 Å². The maximum atomic E-state index is 12.8. The van der Waals surface area contributed by atoms with Gasteiger partial charge in [0.1, 0.15) is 0 Å². The van der Waals surface area contributed by atoms with E-state index < -0.39 is 12.3 Å². The molecule has 0 saturated carbocycles. The van der Waals surface area contributed by atoms with Gasteiger partial charge in [0.25, 0.3) is 11.8 Å². The Morgan fingerprint density at radius 3 is 2.65 bits per heavy atom. The van der Waals surface area contributed by atoms with Gasteiger partial charge in [-0.1, -0.05) is 39.3 Å². The van der Waals surface area contributed by atoms with Crippen LogP contribution in [0.2, 0.25) is 0 Å². The predicted molar refractivity (Wildman–Crippen MR) is 94.2 cm³/mol. The molecule has 2 aromatic carbocycles. The molecule has 2 heterocycles. The first-order valence-corrected chi connectivity index (χ1v) is 8.65. The Labute approximate surface area is 155 Å². The molecule has 0 spiro atoms. The van der Waals surface area contributed by atoms with Gasteiger partial charge >= 0.3 is 6.43 Å². The van der Waals surface area contributed by atoms with Crippen molar-refractivity contribution in [2.75, 3.05) is 11.4 Å². The third-order valence-electron chi connectivity index (χ3n) is 4.21. The number of carbonyl (C=O) groups excluding carboxylic acids is 1. The van der Waals surface area contributed by atoms with Crippen LogP contribution < -0.4 is 4.90 Å². The molecule has 1 amide bonds. The van der Waals surface area contributed by atoms with Gasteiger partial charge in [-0.05, 0) is 36.2 Å². The standard InChI is InChI=1S/C18H12BrF2N3O2/c19-13-6-5-10-7-8-24(14(10)9-13)18(25)12-3-1-11(2-4-12)16-22-17(15(20)21)26-23-16/h1-6,9,15H,7-8H2. The monoisotopic (exact) mass is 419 g/mol. The zero-order chi connectivity index (χ0) is 18.3. The van der Waals surface area contributed by atoms with E-state index >= 15 is 0 Å². The Balaban J connectivity index is 1.58. The summed E-state index contributed by atoms with van der Waals surface area (Å²) in [5, 5.41) is 3.53. The van der Waals surface area contributed by atoms with Crippen molar-refractivity contribution < 1.29 is 18.1 Å². The largest absolute Gasteiger partial charge is 0.333 e. The minimum atomic E-state index is -2.81. The summed E-state index contributed by atoms with van der Waals surface area (Å²) in [7, 11) is 0. The van der Waals surface area contributed by atoms with Crippen LogP contribution in [-0.4, -0.2) is 22.6 Å². The van der Waals surface area contributed by atoms with Gasteiger partial charge in [-0.2, -0.15) is 13.8 Å². The number of carbonyl (C=O) groups is 1. The predicted octanol–water partition coefficient (Wildman–Crippen LogP) is 4.64. The summed E-state index contributed by atoms with van der Waals surface area (Å²) in [5.41, 5.74) is 3.03. The van der Waals surface area contributed by atoms with E-state index in [0.717, 1.165) is 22.1 Å². The Bertz CT molecular complexity index is 973. The highest BCUT2D eigenvalue weighted by atomic mass is 79.9. The molecule has 5 nitrogen and oxygen atoms in total. The SMILES string of the molecule is O=C(c1ccc(-c2noc(C(F)F)n2)cc1)N1CCc2ccc(Br)cc21. The summed E-state index contributed by atoms with van der Waals surface area (Å²) in [6, 6.07) is 12.4. The van der Waals surface area contributed by atoms with Gasteiger partial charge in [0, 0.05) is 27.8 Å². The van der Waals surface area contributed by atoms with Gasteiger partial charge in [0.15, 0.2) is 0 Å². The quantitative estimate of drug-likeness (QED) is 0.620. The first kappa shape index (κ1) is 16.8. The lowest BCUT2D eigenvalue weighted by atomic mass is 10.1. The van der Waals surface area contributed by atoms with Crippen molar-refractivity contribution in [3.8, 4) is 11.4 Å². The Morgan fingerprint density at radius 2 is 1.96 bits per heavy atom. The number of alkyl halides is 2. The summed E-state index contributed by atoms with van der Waals surface area (Å²) in [6.45, 7) is 0.620. The average molecular weight is 420 g/mol. The fourth-order valence-electron chi connectivity index (χ4n) is 2.92. The molecule has 26 heavy (non-hydrogen) atoms. The molecule has 0 saturated heterocycles. The minimum Gasteiger partial charge on any atom is -0.333 e. The van der Waals surface area contributed by atoms with E-state index in [4.69, 9.17) is 0 Å². The minimum absolute atomic E-state index is 0.0646. The van der Waals surface area contributed by atoms with E-state index in [-0.39, 0.29) is 11.7 Å². The van der Waals surface area contributed by atoms with Crippen LogP contribution >= 0.6 is 15.9 Å². The van der Waals surface area contributed by atoms with Gasteiger partial charge in [-0.25, -0.2) is 0 Å². The number of fused-ring (bicyclic) bond motifs is 1. The molecule has 132 valence electrons. The van der Waals surface area contributed by atoms with Crippen LogP contribution in [0.15, 0.2) is 51.5 Å². The van der Waals surface area contributed by atoms with E-state index in [1.54, 1.807) is 29.2 Å². The summed E-state index contributed by atoms with van der Waals surface area (Å²) >= 11 is 3.43. The van der Waals surface area contributed by atoms with Crippen LogP contribution in [0.4, 0.5) is 14.5 Å². The van der Waals surface area contributed by atoms with E-state index in [1.807, 2.05) is 18.2 Å². The summed E-state index contributed by atoms with van der Waals surface area (Å²) in [4.78, 5) is 18.2. The van der Waals surface area contributed by atoms with Crippen LogP contribution in [-0.2, 0) is 6.42 Å². The van der Waals surface area contributed by atoms with Gasteiger partial charge < -0.3 is 9.42 Å². The fraction of sp³-hybridized carbons (Fsp3) is 0.167. The highest BCUT2D eigenvalue weighted by Gasteiger charge is 2.26. The number of amides is 1. The smallest absolute Gasteiger partial charge is 0.315 e. The summed E-state index contributed by atoms with van der Waals surface area (Å²) in [5.74, 6) is -0.774. The van der Waals surface area contributed by atoms with E-state index in [0.29, 0.717) is 17.7 Å². The maximum absolute atomic E-state index is 12.8. The molecule has 8 heteroatoms. The number of aromatic nitrogens is 2. The second-order valence-corrected chi connectivity index (χ2v) is 6.73. The number of hydrogen-bond donors (Lipinski definition) is 0. The van der Waals surface area contributed by atoms with Gasteiger partial charge in [-0.3, -0.25) is 4.79 Å². The van der Waals surface area contributed by atoms with Crippen molar-refractivity contribution in [2.45, 2.75) is 12.8 Å². The van der Waals surface area contributed by atoms with Crippen molar-refractivity contribution in [3.63, 3.8) is 0 Å². The van der Waals surface area contributed by atoms with Crippen molar-refractivity contribution >= 4 is 27.5 Å². The van der Waals surface area contributed by atoms with Crippen LogP contribution in [0.3, 0.4) is 0 Å². The zero-order valence-corrected chi connectivity index (χ0v) is 14.9. The topological polar surface area (TPSA) is 59.2 Å². The molecule has 0 radical (unpaired) electrons. The van der Waals surface area contributed by atoms with E-state index in [2.05, 4.69) is 30.6 Å². The first-order valence-electron chi connectivity index (χ1n) is 7.85. The second kappa shape index (κ2) is 6.60. The number of benzene rings is 2. The third kappa shape index (κ3) is 3.01. The Hall–Kier alpha value is -2.61. The van der Waals surface area contributed by atoms with Crippen molar-refractivity contribution in [1.29, 1.82) is 0 Å². The zero-order valence-electron chi connectivity index (χ0n) is 13.3. The number of nitrogens with zero attached hydrogens (tertiary/aromatic N) is 3. The second-order valence-electron chi connectivity index (χ2n) is 5.81. The lowest BCUT2D eigenvalue weighted by Gasteiger charge is -2.17. The number of anilines is 1. The van der Waals surface area contributed by atoms with Gasteiger partial charge in [-0.15, -0.1) is 0 Å². The van der Waals surface area contributed by atoms with Crippen molar-refractivity contribution in [1.82, 2.24) is 10.1 Å². The Kier molecular flexibility index (Phi) is 4.28.